The maximum atomic E-state index is 12.4. The first-order valence-corrected chi connectivity index (χ1v) is 6.51. The number of fused-ring (bicyclic) bond motifs is 2. The minimum absolute atomic E-state index is 0.0486. The minimum Gasteiger partial charge on any atom is -0.398 e. The molecular weight excluding hydrogens is 252 g/mol. The normalized spacial score (nSPS) is 26.4. The summed E-state index contributed by atoms with van der Waals surface area (Å²) in [5.74, 6) is -0.0486. The number of nitrogens with zero attached hydrogens (tertiary/aromatic N) is 1. The van der Waals surface area contributed by atoms with Crippen molar-refractivity contribution in [3.63, 3.8) is 0 Å². The van der Waals surface area contributed by atoms with Crippen molar-refractivity contribution in [1.29, 1.82) is 0 Å². The number of morpholine rings is 1. The molecule has 5 heteroatoms. The van der Waals surface area contributed by atoms with Gasteiger partial charge in [-0.1, -0.05) is 17.7 Å². The molecule has 4 nitrogen and oxygen atoms in total. The Hall–Kier alpha value is -1.26. The lowest BCUT2D eigenvalue weighted by Crippen LogP contribution is -2.45. The van der Waals surface area contributed by atoms with Crippen LogP contribution in [-0.2, 0) is 4.74 Å². The van der Waals surface area contributed by atoms with Gasteiger partial charge in [0, 0.05) is 13.1 Å². The molecule has 96 valence electrons. The highest BCUT2D eigenvalue weighted by molar-refractivity contribution is 6.36. The Bertz CT molecular complexity index is 480. The fraction of sp³-hybridized carbons (Fsp3) is 0.462. The summed E-state index contributed by atoms with van der Waals surface area (Å²) in [4.78, 5) is 14.2. The Balaban J connectivity index is 1.84. The van der Waals surface area contributed by atoms with Gasteiger partial charge in [-0.05, 0) is 25.0 Å². The smallest absolute Gasteiger partial charge is 0.255 e. The zero-order valence-corrected chi connectivity index (χ0v) is 10.7. The molecule has 0 saturated carbocycles. The molecule has 2 N–H and O–H groups in total. The molecule has 1 aromatic rings. The summed E-state index contributed by atoms with van der Waals surface area (Å²) in [7, 11) is 0. The maximum Gasteiger partial charge on any atom is 0.255 e. The molecule has 2 heterocycles. The number of amides is 1. The molecule has 2 fully saturated rings. The number of hydrogen-bond acceptors (Lipinski definition) is 3. The third-order valence-electron chi connectivity index (χ3n) is 3.59. The van der Waals surface area contributed by atoms with E-state index >= 15 is 0 Å². The number of nitrogens with two attached hydrogens (primary N) is 1. The molecule has 3 rings (SSSR count). The number of benzene rings is 1. The number of hydrogen-bond donors (Lipinski definition) is 1. The van der Waals surface area contributed by atoms with E-state index in [1.165, 1.54) is 0 Å². The van der Waals surface area contributed by atoms with Crippen molar-refractivity contribution in [2.45, 2.75) is 25.0 Å². The summed E-state index contributed by atoms with van der Waals surface area (Å²) in [6.07, 6.45) is 2.46. The third kappa shape index (κ3) is 1.95. The van der Waals surface area contributed by atoms with Crippen LogP contribution in [0.2, 0.25) is 5.02 Å². The quantitative estimate of drug-likeness (QED) is 0.790. The molecule has 0 spiro atoms. The fourth-order valence-corrected chi connectivity index (χ4v) is 2.87. The number of carbonyl (C=O) groups excluding carboxylic acids is 1. The molecule has 18 heavy (non-hydrogen) atoms. The van der Waals surface area contributed by atoms with E-state index in [4.69, 9.17) is 22.1 Å². The molecule has 2 unspecified atom stereocenters. The lowest BCUT2D eigenvalue weighted by molar-refractivity contribution is -0.0303. The molecule has 2 saturated heterocycles. The van der Waals surface area contributed by atoms with Crippen LogP contribution in [0.1, 0.15) is 23.2 Å². The van der Waals surface area contributed by atoms with E-state index in [0.29, 0.717) is 29.4 Å². The van der Waals surface area contributed by atoms with Gasteiger partial charge in [0.05, 0.1) is 28.5 Å². The third-order valence-corrected chi connectivity index (χ3v) is 4.01. The van der Waals surface area contributed by atoms with E-state index in [2.05, 4.69) is 0 Å². The summed E-state index contributed by atoms with van der Waals surface area (Å²) in [5, 5.41) is 0.348. The summed E-state index contributed by atoms with van der Waals surface area (Å²) in [6.45, 7) is 1.31. The van der Waals surface area contributed by atoms with E-state index in [1.54, 1.807) is 18.2 Å². The second-order valence-corrected chi connectivity index (χ2v) is 5.25. The molecule has 0 radical (unpaired) electrons. The standard InChI is InChI=1S/C13H15ClN2O2/c14-12-10(2-1-3-11(12)15)13(17)16-6-8-4-5-9(7-16)18-8/h1-3,8-9H,4-7,15H2. The number of carbonyl (C=O) groups is 1. The van der Waals surface area contributed by atoms with Crippen LogP contribution in [0, 0.1) is 0 Å². The zero-order valence-electron chi connectivity index (χ0n) is 9.93. The van der Waals surface area contributed by atoms with Crippen LogP contribution in [0.3, 0.4) is 0 Å². The Kier molecular flexibility index (Phi) is 2.92. The topological polar surface area (TPSA) is 55.6 Å². The van der Waals surface area contributed by atoms with Crippen LogP contribution in [0.25, 0.3) is 0 Å². The van der Waals surface area contributed by atoms with Gasteiger partial charge in [0.15, 0.2) is 0 Å². The molecule has 2 atom stereocenters. The van der Waals surface area contributed by atoms with Gasteiger partial charge in [-0.3, -0.25) is 4.79 Å². The second-order valence-electron chi connectivity index (χ2n) is 4.88. The number of halogens is 1. The van der Waals surface area contributed by atoms with Gasteiger partial charge in [0.2, 0.25) is 0 Å². The first-order valence-electron chi connectivity index (χ1n) is 6.14. The van der Waals surface area contributed by atoms with Crippen LogP contribution in [-0.4, -0.2) is 36.1 Å². The van der Waals surface area contributed by atoms with Crippen molar-refractivity contribution in [2.24, 2.45) is 0 Å². The second kappa shape index (κ2) is 4.44. The zero-order chi connectivity index (χ0) is 12.7. The van der Waals surface area contributed by atoms with Gasteiger partial charge in [0.25, 0.3) is 5.91 Å². The van der Waals surface area contributed by atoms with E-state index < -0.39 is 0 Å². The maximum absolute atomic E-state index is 12.4. The lowest BCUT2D eigenvalue weighted by Gasteiger charge is -2.32. The van der Waals surface area contributed by atoms with E-state index in [9.17, 15) is 4.79 Å². The molecular formula is C13H15ClN2O2. The number of anilines is 1. The van der Waals surface area contributed by atoms with Crippen LogP contribution in [0.5, 0.6) is 0 Å². The van der Waals surface area contributed by atoms with Crippen LogP contribution in [0.15, 0.2) is 18.2 Å². The average Bonchev–Trinajstić information content (AvgIpc) is 2.71. The molecule has 0 aromatic heterocycles. The Morgan fingerprint density at radius 1 is 1.33 bits per heavy atom. The van der Waals surface area contributed by atoms with Gasteiger partial charge in [-0.25, -0.2) is 0 Å². The predicted molar refractivity (Wildman–Crippen MR) is 69.7 cm³/mol. The van der Waals surface area contributed by atoms with Gasteiger partial charge in [-0.15, -0.1) is 0 Å². The first kappa shape index (κ1) is 11.8. The van der Waals surface area contributed by atoms with Crippen molar-refractivity contribution in [2.75, 3.05) is 18.8 Å². The van der Waals surface area contributed by atoms with Crippen LogP contribution in [0.4, 0.5) is 5.69 Å². The summed E-state index contributed by atoms with van der Waals surface area (Å²) in [5.41, 5.74) is 6.66. The Morgan fingerprint density at radius 3 is 2.67 bits per heavy atom. The van der Waals surface area contributed by atoms with E-state index in [0.717, 1.165) is 12.8 Å². The van der Waals surface area contributed by atoms with Gasteiger partial charge < -0.3 is 15.4 Å². The highest BCUT2D eigenvalue weighted by Crippen LogP contribution is 2.29. The van der Waals surface area contributed by atoms with Crippen molar-refractivity contribution in [3.8, 4) is 0 Å². The number of likely N-dealkylation sites (tertiary alicyclic amines) is 1. The molecule has 2 aliphatic rings. The van der Waals surface area contributed by atoms with Gasteiger partial charge in [0.1, 0.15) is 0 Å². The molecule has 2 aliphatic heterocycles. The average molecular weight is 267 g/mol. The molecule has 0 aliphatic carbocycles. The van der Waals surface area contributed by atoms with Gasteiger partial charge >= 0.3 is 0 Å². The summed E-state index contributed by atoms with van der Waals surface area (Å²) < 4.78 is 5.72. The van der Waals surface area contributed by atoms with E-state index in [-0.39, 0.29) is 18.1 Å². The van der Waals surface area contributed by atoms with Crippen molar-refractivity contribution in [1.82, 2.24) is 4.90 Å². The first-order chi connectivity index (χ1) is 8.65. The molecule has 2 bridgehead atoms. The number of nitrogen functional groups attached to an aromatic ring is 1. The largest absolute Gasteiger partial charge is 0.398 e. The SMILES string of the molecule is Nc1cccc(C(=O)N2CC3CCC(C2)O3)c1Cl. The monoisotopic (exact) mass is 266 g/mol. The fourth-order valence-electron chi connectivity index (χ4n) is 2.67. The van der Waals surface area contributed by atoms with Crippen molar-refractivity contribution < 1.29 is 9.53 Å². The highest BCUT2D eigenvalue weighted by Gasteiger charge is 2.36. The summed E-state index contributed by atoms with van der Waals surface area (Å²) >= 11 is 6.09. The number of rotatable bonds is 1. The Morgan fingerprint density at radius 2 is 2.00 bits per heavy atom. The molecule has 1 amide bonds. The lowest BCUT2D eigenvalue weighted by atomic mass is 10.1. The van der Waals surface area contributed by atoms with Crippen LogP contribution < -0.4 is 5.73 Å². The minimum atomic E-state index is -0.0486. The van der Waals surface area contributed by atoms with E-state index in [1.807, 2.05) is 4.90 Å². The highest BCUT2D eigenvalue weighted by atomic mass is 35.5. The van der Waals surface area contributed by atoms with Crippen molar-refractivity contribution >= 4 is 23.2 Å². The predicted octanol–water partition coefficient (Wildman–Crippen LogP) is 1.93. The summed E-state index contributed by atoms with van der Waals surface area (Å²) in [6, 6.07) is 5.17. The number of ether oxygens (including phenoxy) is 1. The van der Waals surface area contributed by atoms with Gasteiger partial charge in [-0.2, -0.15) is 0 Å². The molecule has 1 aromatic carbocycles. The van der Waals surface area contributed by atoms with Crippen LogP contribution >= 0.6 is 11.6 Å². The Labute approximate surface area is 111 Å². The van der Waals surface area contributed by atoms with Crippen molar-refractivity contribution in [3.05, 3.63) is 28.8 Å².